The molecule has 0 saturated heterocycles. The average Bonchev–Trinajstić information content (AvgIpc) is 2.58. The highest BCUT2D eigenvalue weighted by molar-refractivity contribution is 7.98. The lowest BCUT2D eigenvalue weighted by molar-refractivity contribution is 0.276. The number of benzene rings is 1. The Kier molecular flexibility index (Phi) is 7.30. The number of rotatable bonds is 8. The third-order valence-electron chi connectivity index (χ3n) is 4.83. The topological polar surface area (TPSA) is 73.1 Å². The van der Waals surface area contributed by atoms with E-state index in [2.05, 4.69) is 68.2 Å². The summed E-state index contributed by atoms with van der Waals surface area (Å²) in [4.78, 5) is 8.94. The van der Waals surface area contributed by atoms with Gasteiger partial charge in [0.2, 0.25) is 0 Å². The van der Waals surface area contributed by atoms with Crippen molar-refractivity contribution in [3.05, 3.63) is 42.0 Å². The van der Waals surface area contributed by atoms with Crippen molar-refractivity contribution in [2.75, 3.05) is 17.7 Å². The zero-order valence-electron chi connectivity index (χ0n) is 17.2. The number of aromatic nitrogens is 2. The Hall–Kier alpha value is -1.57. The summed E-state index contributed by atoms with van der Waals surface area (Å²) in [5.41, 5.74) is 7.21. The van der Waals surface area contributed by atoms with Crippen LogP contribution in [0.15, 0.2) is 41.6 Å². The van der Waals surface area contributed by atoms with E-state index in [0.717, 1.165) is 11.6 Å². The zero-order chi connectivity index (χ0) is 20.1. The lowest BCUT2D eigenvalue weighted by Gasteiger charge is -2.37. The first-order chi connectivity index (χ1) is 12.6. The molecule has 3 N–H and O–H groups in total. The summed E-state index contributed by atoms with van der Waals surface area (Å²) in [6.07, 6.45) is 0. The second-order valence-corrected chi connectivity index (χ2v) is 14.1. The van der Waals surface area contributed by atoms with E-state index in [9.17, 15) is 0 Å². The molecular formula is C20H32N4OSSi. The van der Waals surface area contributed by atoms with Crippen molar-refractivity contribution < 1.29 is 4.43 Å². The minimum atomic E-state index is -1.76. The monoisotopic (exact) mass is 404 g/mol. The Labute approximate surface area is 168 Å². The minimum absolute atomic E-state index is 0.139. The van der Waals surface area contributed by atoms with Crippen LogP contribution in [-0.2, 0) is 10.2 Å². The van der Waals surface area contributed by atoms with Crippen molar-refractivity contribution in [1.82, 2.24) is 9.97 Å². The Morgan fingerprint density at radius 1 is 1.19 bits per heavy atom. The summed E-state index contributed by atoms with van der Waals surface area (Å²) in [7, 11) is -1.76. The standard InChI is InChI=1S/C20H32N4OSSi/c1-15(13-25-27(5,6)20(2,3)4)22-18-12-17(21)23-19(24-18)26-14-16-10-8-7-9-11-16/h7-12,15H,13-14H2,1-6H3,(H3,21,22,23,24)/t15-/m1/s1. The van der Waals surface area contributed by atoms with E-state index in [-0.39, 0.29) is 11.1 Å². The van der Waals surface area contributed by atoms with Gasteiger partial charge in [0.05, 0.1) is 6.61 Å². The molecule has 1 heterocycles. The van der Waals surface area contributed by atoms with Crippen molar-refractivity contribution >= 4 is 31.7 Å². The predicted octanol–water partition coefficient (Wildman–Crippen LogP) is 5.17. The summed E-state index contributed by atoms with van der Waals surface area (Å²) in [5.74, 6) is 2.03. The van der Waals surface area contributed by atoms with Crippen LogP contribution in [0.3, 0.4) is 0 Å². The molecule has 27 heavy (non-hydrogen) atoms. The van der Waals surface area contributed by atoms with E-state index in [0.29, 0.717) is 17.6 Å². The molecular weight excluding hydrogens is 372 g/mol. The molecule has 1 aromatic carbocycles. The Morgan fingerprint density at radius 2 is 1.85 bits per heavy atom. The molecule has 0 saturated carbocycles. The molecule has 0 aliphatic rings. The predicted molar refractivity (Wildman–Crippen MR) is 119 cm³/mol. The number of nitrogens with zero attached hydrogens (tertiary/aromatic N) is 2. The van der Waals surface area contributed by atoms with Gasteiger partial charge in [-0.15, -0.1) is 0 Å². The van der Waals surface area contributed by atoms with E-state index in [4.69, 9.17) is 10.2 Å². The maximum absolute atomic E-state index is 6.29. The maximum Gasteiger partial charge on any atom is 0.192 e. The van der Waals surface area contributed by atoms with Gasteiger partial charge in [0.15, 0.2) is 13.5 Å². The van der Waals surface area contributed by atoms with E-state index in [1.807, 2.05) is 18.2 Å². The molecule has 0 aliphatic carbocycles. The van der Waals surface area contributed by atoms with Gasteiger partial charge in [0, 0.05) is 17.9 Å². The van der Waals surface area contributed by atoms with Crippen molar-refractivity contribution in [2.24, 2.45) is 0 Å². The maximum atomic E-state index is 6.29. The second kappa shape index (κ2) is 9.08. The summed E-state index contributed by atoms with van der Waals surface area (Å²) >= 11 is 1.58. The van der Waals surface area contributed by atoms with Crippen LogP contribution >= 0.6 is 11.8 Å². The molecule has 148 valence electrons. The van der Waals surface area contributed by atoms with E-state index in [1.54, 1.807) is 17.8 Å². The summed E-state index contributed by atoms with van der Waals surface area (Å²) in [6.45, 7) is 14.0. The van der Waals surface area contributed by atoms with Gasteiger partial charge in [-0.2, -0.15) is 0 Å². The fourth-order valence-corrected chi connectivity index (χ4v) is 4.07. The molecule has 0 spiro atoms. The number of thioether (sulfide) groups is 1. The number of nitrogens with one attached hydrogen (secondary N) is 1. The van der Waals surface area contributed by atoms with E-state index < -0.39 is 8.32 Å². The molecule has 0 fully saturated rings. The summed E-state index contributed by atoms with van der Waals surface area (Å²) in [5, 5.41) is 4.28. The zero-order valence-corrected chi connectivity index (χ0v) is 19.1. The van der Waals surface area contributed by atoms with Crippen LogP contribution < -0.4 is 11.1 Å². The molecule has 2 rings (SSSR count). The summed E-state index contributed by atoms with van der Waals surface area (Å²) < 4.78 is 6.29. The number of hydrogen-bond donors (Lipinski definition) is 2. The first kappa shape index (κ1) is 21.7. The smallest absolute Gasteiger partial charge is 0.192 e. The first-order valence-electron chi connectivity index (χ1n) is 9.28. The molecule has 0 unspecified atom stereocenters. The van der Waals surface area contributed by atoms with Crippen LogP contribution in [0.25, 0.3) is 0 Å². The molecule has 0 bridgehead atoms. The van der Waals surface area contributed by atoms with Crippen molar-refractivity contribution in [3.63, 3.8) is 0 Å². The SMILES string of the molecule is C[C@H](CO[Si](C)(C)C(C)(C)C)Nc1cc(N)nc(SCc2ccccc2)n1. The van der Waals surface area contributed by atoms with Crippen LogP contribution in [0.1, 0.15) is 33.3 Å². The number of anilines is 2. The van der Waals surface area contributed by atoms with Gasteiger partial charge < -0.3 is 15.5 Å². The number of hydrogen-bond acceptors (Lipinski definition) is 6. The van der Waals surface area contributed by atoms with Crippen molar-refractivity contribution in [3.8, 4) is 0 Å². The molecule has 5 nitrogen and oxygen atoms in total. The highest BCUT2D eigenvalue weighted by Gasteiger charge is 2.37. The van der Waals surface area contributed by atoms with Crippen molar-refractivity contribution in [2.45, 2.75) is 62.8 Å². The van der Waals surface area contributed by atoms with E-state index >= 15 is 0 Å². The largest absolute Gasteiger partial charge is 0.415 e. The number of nitrogens with two attached hydrogens (primary N) is 1. The van der Waals surface area contributed by atoms with Crippen LogP contribution in [-0.4, -0.2) is 30.9 Å². The Balaban J connectivity index is 1.95. The molecule has 7 heteroatoms. The number of nitrogen functional groups attached to an aromatic ring is 1. The first-order valence-corrected chi connectivity index (χ1v) is 13.2. The Bertz CT molecular complexity index is 735. The average molecular weight is 405 g/mol. The van der Waals surface area contributed by atoms with E-state index in [1.165, 1.54) is 5.56 Å². The fraction of sp³-hybridized carbons (Fsp3) is 0.500. The fourth-order valence-electron chi connectivity index (χ4n) is 2.15. The summed E-state index contributed by atoms with van der Waals surface area (Å²) in [6, 6.07) is 12.2. The van der Waals surface area contributed by atoms with Crippen molar-refractivity contribution in [1.29, 1.82) is 0 Å². The van der Waals surface area contributed by atoms with Gasteiger partial charge in [0.25, 0.3) is 0 Å². The molecule has 1 atom stereocenters. The van der Waals surface area contributed by atoms with Gasteiger partial charge in [0.1, 0.15) is 11.6 Å². The molecule has 0 radical (unpaired) electrons. The molecule has 0 aliphatic heterocycles. The third-order valence-corrected chi connectivity index (χ3v) is 10.3. The van der Waals surface area contributed by atoms with Crippen LogP contribution in [0.2, 0.25) is 18.1 Å². The van der Waals surface area contributed by atoms with Gasteiger partial charge in [-0.1, -0.05) is 62.9 Å². The highest BCUT2D eigenvalue weighted by Crippen LogP contribution is 2.36. The lowest BCUT2D eigenvalue weighted by atomic mass is 10.2. The van der Waals surface area contributed by atoms with Crippen LogP contribution in [0.5, 0.6) is 0 Å². The quantitative estimate of drug-likeness (QED) is 0.359. The minimum Gasteiger partial charge on any atom is -0.415 e. The van der Waals surface area contributed by atoms with Crippen LogP contribution in [0.4, 0.5) is 11.6 Å². The van der Waals surface area contributed by atoms with Crippen LogP contribution in [0, 0.1) is 0 Å². The molecule has 1 aromatic heterocycles. The third kappa shape index (κ3) is 6.83. The normalized spacial score (nSPS) is 13.4. The highest BCUT2D eigenvalue weighted by atomic mass is 32.2. The lowest BCUT2D eigenvalue weighted by Crippen LogP contribution is -2.43. The second-order valence-electron chi connectivity index (χ2n) is 8.35. The molecule has 2 aromatic rings. The van der Waals surface area contributed by atoms with Gasteiger partial charge in [-0.3, -0.25) is 0 Å². The molecule has 0 amide bonds. The van der Waals surface area contributed by atoms with Gasteiger partial charge in [-0.05, 0) is 30.6 Å². The van der Waals surface area contributed by atoms with Gasteiger partial charge >= 0.3 is 0 Å². The van der Waals surface area contributed by atoms with Gasteiger partial charge in [-0.25, -0.2) is 9.97 Å². The Morgan fingerprint density at radius 3 is 2.48 bits per heavy atom.